The predicted octanol–water partition coefficient (Wildman–Crippen LogP) is 5.18. The minimum Gasteiger partial charge on any atom is -0.345 e. The molecule has 2 amide bonds. The third-order valence-corrected chi connectivity index (χ3v) is 4.10. The number of rotatable bonds is 6. The summed E-state index contributed by atoms with van der Waals surface area (Å²) in [5.74, 6) is -0.446. The number of hydrogen-bond donors (Lipinski definition) is 2. The summed E-state index contributed by atoms with van der Waals surface area (Å²) in [4.78, 5) is 23.7. The fourth-order valence-electron chi connectivity index (χ4n) is 2.83. The number of carbonyl (C=O) groups excluding carboxylic acids is 2. The maximum Gasteiger partial charge on any atom is 0.416 e. The summed E-state index contributed by atoms with van der Waals surface area (Å²) >= 11 is 0. The largest absolute Gasteiger partial charge is 0.416 e. The van der Waals surface area contributed by atoms with Crippen LogP contribution in [0.25, 0.3) is 0 Å². The van der Waals surface area contributed by atoms with Crippen LogP contribution in [-0.4, -0.2) is 11.8 Å². The molecule has 0 saturated heterocycles. The van der Waals surface area contributed by atoms with Gasteiger partial charge < -0.3 is 10.6 Å². The van der Waals surface area contributed by atoms with Crippen LogP contribution >= 0.6 is 0 Å². The van der Waals surface area contributed by atoms with E-state index in [1.165, 1.54) is 13.0 Å². The van der Waals surface area contributed by atoms with Gasteiger partial charge in [0, 0.05) is 18.2 Å². The lowest BCUT2D eigenvalue weighted by atomic mass is 9.95. The quantitative estimate of drug-likeness (QED) is 0.712. The molecule has 2 rings (SSSR count). The number of anilines is 1. The van der Waals surface area contributed by atoms with Gasteiger partial charge in [-0.2, -0.15) is 13.2 Å². The number of carbonyl (C=O) groups is 2. The lowest BCUT2D eigenvalue weighted by Gasteiger charge is -2.22. The Kier molecular flexibility index (Phi) is 6.83. The van der Waals surface area contributed by atoms with Crippen molar-refractivity contribution in [3.8, 4) is 0 Å². The van der Waals surface area contributed by atoms with Crippen molar-refractivity contribution in [1.82, 2.24) is 5.32 Å². The first-order valence-electron chi connectivity index (χ1n) is 8.92. The highest BCUT2D eigenvalue weighted by Gasteiger charge is 2.31. The van der Waals surface area contributed by atoms with Crippen LogP contribution < -0.4 is 10.6 Å². The molecule has 0 bridgehead atoms. The van der Waals surface area contributed by atoms with Crippen molar-refractivity contribution in [2.45, 2.75) is 39.4 Å². The van der Waals surface area contributed by atoms with Crippen molar-refractivity contribution in [2.24, 2.45) is 5.92 Å². The summed E-state index contributed by atoms with van der Waals surface area (Å²) in [7, 11) is 0. The zero-order valence-corrected chi connectivity index (χ0v) is 15.9. The van der Waals surface area contributed by atoms with E-state index in [1.807, 2.05) is 13.8 Å². The van der Waals surface area contributed by atoms with Gasteiger partial charge in [0.2, 0.25) is 5.91 Å². The molecule has 0 saturated carbocycles. The molecule has 0 radical (unpaired) electrons. The molecule has 7 heteroatoms. The van der Waals surface area contributed by atoms with Crippen LogP contribution in [-0.2, 0) is 11.0 Å². The summed E-state index contributed by atoms with van der Waals surface area (Å²) < 4.78 is 39.1. The van der Waals surface area contributed by atoms with Gasteiger partial charge in [-0.1, -0.05) is 26.0 Å². The number of alkyl halides is 3. The van der Waals surface area contributed by atoms with Crippen LogP contribution in [0.1, 0.15) is 54.7 Å². The van der Waals surface area contributed by atoms with Crippen molar-refractivity contribution < 1.29 is 22.8 Å². The average molecular weight is 392 g/mol. The van der Waals surface area contributed by atoms with Crippen molar-refractivity contribution >= 4 is 17.5 Å². The highest BCUT2D eigenvalue weighted by molar-refractivity contribution is 5.95. The second kappa shape index (κ2) is 8.91. The molecule has 0 aliphatic heterocycles. The third kappa shape index (κ3) is 6.11. The highest BCUT2D eigenvalue weighted by Crippen LogP contribution is 2.32. The van der Waals surface area contributed by atoms with Gasteiger partial charge in [-0.25, -0.2) is 0 Å². The zero-order valence-electron chi connectivity index (χ0n) is 15.9. The molecule has 0 heterocycles. The van der Waals surface area contributed by atoms with Gasteiger partial charge in [-0.05, 0) is 54.3 Å². The normalized spacial score (nSPS) is 12.5. The third-order valence-electron chi connectivity index (χ3n) is 4.10. The van der Waals surface area contributed by atoms with Crippen LogP contribution in [0.2, 0.25) is 0 Å². The van der Waals surface area contributed by atoms with Crippen molar-refractivity contribution in [2.75, 3.05) is 5.32 Å². The molecular formula is C21H23F3N2O2. The number of halogens is 3. The molecule has 4 nitrogen and oxygen atoms in total. The second-order valence-electron chi connectivity index (χ2n) is 7.04. The van der Waals surface area contributed by atoms with E-state index >= 15 is 0 Å². The van der Waals surface area contributed by atoms with Gasteiger partial charge in [-0.15, -0.1) is 0 Å². The molecule has 1 unspecified atom stereocenters. The number of amides is 2. The van der Waals surface area contributed by atoms with E-state index in [2.05, 4.69) is 10.6 Å². The van der Waals surface area contributed by atoms with Crippen LogP contribution in [0, 0.1) is 5.92 Å². The number of hydrogen-bond acceptors (Lipinski definition) is 2. The van der Waals surface area contributed by atoms with Crippen LogP contribution in [0.3, 0.4) is 0 Å². The molecule has 0 fully saturated rings. The maximum atomic E-state index is 13.0. The molecule has 28 heavy (non-hydrogen) atoms. The van der Waals surface area contributed by atoms with Gasteiger partial charge >= 0.3 is 6.18 Å². The first-order valence-corrected chi connectivity index (χ1v) is 8.92. The van der Waals surface area contributed by atoms with Crippen molar-refractivity contribution in [3.63, 3.8) is 0 Å². The molecular weight excluding hydrogens is 369 g/mol. The fraction of sp³-hybridized carbons (Fsp3) is 0.333. The fourth-order valence-corrected chi connectivity index (χ4v) is 2.83. The monoisotopic (exact) mass is 392 g/mol. The lowest BCUT2D eigenvalue weighted by molar-refractivity contribution is -0.137. The first-order chi connectivity index (χ1) is 13.1. The van der Waals surface area contributed by atoms with Crippen LogP contribution in [0.4, 0.5) is 18.9 Å². The Bertz CT molecular complexity index is 830. The summed E-state index contributed by atoms with van der Waals surface area (Å²) in [6.07, 6.45) is -3.95. The molecule has 150 valence electrons. The van der Waals surface area contributed by atoms with E-state index in [4.69, 9.17) is 0 Å². The standard InChI is InChI=1S/C21H23F3N2O2/c1-13(2)11-19(16-5-4-6-17(12-16)21(22,23)24)26-20(28)15-7-9-18(10-8-15)25-14(3)27/h4-10,12-13,19H,11H2,1-3H3,(H,25,27)(H,26,28). The van der Waals surface area contributed by atoms with Gasteiger partial charge in [0.1, 0.15) is 0 Å². The average Bonchev–Trinajstić information content (AvgIpc) is 2.60. The number of nitrogens with one attached hydrogen (secondary N) is 2. The Labute approximate surface area is 162 Å². The van der Waals surface area contributed by atoms with E-state index in [0.29, 0.717) is 23.2 Å². The van der Waals surface area contributed by atoms with Gasteiger partial charge in [0.25, 0.3) is 5.91 Å². The van der Waals surface area contributed by atoms with Crippen molar-refractivity contribution in [3.05, 3.63) is 65.2 Å². The summed E-state index contributed by atoms with van der Waals surface area (Å²) in [5, 5.41) is 5.43. The van der Waals surface area contributed by atoms with E-state index in [-0.39, 0.29) is 11.8 Å². The highest BCUT2D eigenvalue weighted by atomic mass is 19.4. The summed E-state index contributed by atoms with van der Waals surface area (Å²) in [5.41, 5.74) is 0.579. The van der Waals surface area contributed by atoms with E-state index in [1.54, 1.807) is 30.3 Å². The van der Waals surface area contributed by atoms with Crippen LogP contribution in [0.15, 0.2) is 48.5 Å². The number of benzene rings is 2. The molecule has 0 aromatic heterocycles. The van der Waals surface area contributed by atoms with E-state index in [9.17, 15) is 22.8 Å². The van der Waals surface area contributed by atoms with Crippen molar-refractivity contribution in [1.29, 1.82) is 0 Å². The Morgan fingerprint density at radius 2 is 1.68 bits per heavy atom. The molecule has 2 N–H and O–H groups in total. The second-order valence-corrected chi connectivity index (χ2v) is 7.04. The Morgan fingerprint density at radius 3 is 2.21 bits per heavy atom. The molecule has 1 atom stereocenters. The van der Waals surface area contributed by atoms with Crippen LogP contribution in [0.5, 0.6) is 0 Å². The first kappa shape index (κ1) is 21.5. The zero-order chi connectivity index (χ0) is 20.9. The predicted molar refractivity (Wildman–Crippen MR) is 102 cm³/mol. The lowest BCUT2D eigenvalue weighted by Crippen LogP contribution is -2.29. The summed E-state index contributed by atoms with van der Waals surface area (Å²) in [6, 6.07) is 10.8. The Hall–Kier alpha value is -2.83. The topological polar surface area (TPSA) is 58.2 Å². The van der Waals surface area contributed by atoms with Gasteiger partial charge in [0.05, 0.1) is 11.6 Å². The van der Waals surface area contributed by atoms with Gasteiger partial charge in [-0.3, -0.25) is 9.59 Å². The summed E-state index contributed by atoms with van der Waals surface area (Å²) in [6.45, 7) is 5.26. The molecule has 0 aliphatic rings. The minimum atomic E-state index is -4.44. The molecule has 2 aromatic rings. The SMILES string of the molecule is CC(=O)Nc1ccc(C(=O)NC(CC(C)C)c2cccc(C(F)(F)F)c2)cc1. The minimum absolute atomic E-state index is 0.169. The smallest absolute Gasteiger partial charge is 0.345 e. The van der Waals surface area contributed by atoms with E-state index in [0.717, 1.165) is 12.1 Å². The molecule has 0 spiro atoms. The molecule has 0 aliphatic carbocycles. The Balaban J connectivity index is 2.22. The molecule has 2 aromatic carbocycles. The van der Waals surface area contributed by atoms with Gasteiger partial charge in [0.15, 0.2) is 0 Å². The maximum absolute atomic E-state index is 13.0. The Morgan fingerprint density at radius 1 is 1.04 bits per heavy atom. The van der Waals surface area contributed by atoms with E-state index < -0.39 is 23.7 Å².